The number of likely N-dealkylation sites (N-methyl/N-ethyl adjacent to an activating group) is 1. The number of fused-ring (bicyclic) bond motifs is 2. The van der Waals surface area contributed by atoms with Gasteiger partial charge in [-0.25, -0.2) is 4.98 Å². The lowest BCUT2D eigenvalue weighted by atomic mass is 10.1. The van der Waals surface area contributed by atoms with Gasteiger partial charge in [-0.05, 0) is 55.8 Å². The van der Waals surface area contributed by atoms with Crippen LogP contribution in [0.25, 0.3) is 16.7 Å². The van der Waals surface area contributed by atoms with Crippen LogP contribution in [0.1, 0.15) is 21.5 Å². The van der Waals surface area contributed by atoms with Crippen molar-refractivity contribution in [1.29, 1.82) is 5.41 Å². The van der Waals surface area contributed by atoms with Crippen molar-refractivity contribution >= 4 is 22.6 Å². The van der Waals surface area contributed by atoms with Crippen molar-refractivity contribution in [1.82, 2.24) is 23.8 Å². The predicted molar refractivity (Wildman–Crippen MR) is 144 cm³/mol. The van der Waals surface area contributed by atoms with E-state index in [-0.39, 0.29) is 22.5 Å². The number of hydrogen-bond donors (Lipinski definition) is 1. The van der Waals surface area contributed by atoms with Gasteiger partial charge in [0.15, 0.2) is 11.5 Å². The van der Waals surface area contributed by atoms with Crippen molar-refractivity contribution in [3.8, 4) is 11.5 Å². The summed E-state index contributed by atoms with van der Waals surface area (Å²) in [4.78, 5) is 36.0. The van der Waals surface area contributed by atoms with Crippen molar-refractivity contribution in [3.63, 3.8) is 0 Å². The van der Waals surface area contributed by atoms with Gasteiger partial charge in [0.1, 0.15) is 16.8 Å². The van der Waals surface area contributed by atoms with Crippen molar-refractivity contribution in [2.75, 3.05) is 47.4 Å². The van der Waals surface area contributed by atoms with Gasteiger partial charge in [-0.2, -0.15) is 0 Å². The Morgan fingerprint density at radius 2 is 1.76 bits per heavy atom. The van der Waals surface area contributed by atoms with Crippen LogP contribution in [0.5, 0.6) is 11.5 Å². The number of aromatic nitrogens is 3. The SMILES string of the molecule is COc1ccc(CCn2c(=N)c(C(=O)N3CCN(C)CC3)cc3c(=O)n4cccc(C)c4nc32)cc1OC. The first kappa shape index (κ1) is 25.5. The van der Waals surface area contributed by atoms with Crippen LogP contribution in [0.2, 0.25) is 0 Å². The molecule has 0 atom stereocenters. The minimum atomic E-state index is -0.263. The quantitative estimate of drug-likeness (QED) is 0.394. The second-order valence-corrected chi connectivity index (χ2v) is 9.63. The van der Waals surface area contributed by atoms with Crippen molar-refractivity contribution in [2.45, 2.75) is 19.9 Å². The van der Waals surface area contributed by atoms with E-state index in [0.717, 1.165) is 24.2 Å². The van der Waals surface area contributed by atoms with Gasteiger partial charge in [-0.15, -0.1) is 0 Å². The van der Waals surface area contributed by atoms with Crippen molar-refractivity contribution < 1.29 is 14.3 Å². The molecule has 4 aromatic rings. The second-order valence-electron chi connectivity index (χ2n) is 9.63. The number of ether oxygens (including phenoxy) is 2. The summed E-state index contributed by atoms with van der Waals surface area (Å²) in [6.07, 6.45) is 2.22. The summed E-state index contributed by atoms with van der Waals surface area (Å²) in [5.41, 5.74) is 2.73. The number of piperazine rings is 1. The molecule has 4 heterocycles. The summed E-state index contributed by atoms with van der Waals surface area (Å²) in [6, 6.07) is 10.9. The van der Waals surface area contributed by atoms with Crippen LogP contribution in [0.15, 0.2) is 47.4 Å². The van der Waals surface area contributed by atoms with Crippen LogP contribution in [0, 0.1) is 12.3 Å². The lowest BCUT2D eigenvalue weighted by Crippen LogP contribution is -2.48. The molecule has 5 rings (SSSR count). The van der Waals surface area contributed by atoms with Gasteiger partial charge in [-0.1, -0.05) is 12.1 Å². The first-order chi connectivity index (χ1) is 18.3. The zero-order chi connectivity index (χ0) is 27.0. The largest absolute Gasteiger partial charge is 0.493 e. The Kier molecular flexibility index (Phi) is 6.90. The molecule has 0 saturated carbocycles. The monoisotopic (exact) mass is 516 g/mol. The zero-order valence-corrected chi connectivity index (χ0v) is 22.2. The van der Waals surface area contributed by atoms with Crippen LogP contribution in [-0.4, -0.2) is 77.1 Å². The third-order valence-electron chi connectivity index (χ3n) is 7.23. The van der Waals surface area contributed by atoms with Crippen LogP contribution in [-0.2, 0) is 13.0 Å². The Morgan fingerprint density at radius 1 is 1.03 bits per heavy atom. The molecule has 0 unspecified atom stereocenters. The fourth-order valence-electron chi connectivity index (χ4n) is 4.93. The van der Waals surface area contributed by atoms with E-state index in [1.54, 1.807) is 42.0 Å². The van der Waals surface area contributed by atoms with Gasteiger partial charge in [0.2, 0.25) is 0 Å². The van der Waals surface area contributed by atoms with Crippen LogP contribution >= 0.6 is 0 Å². The first-order valence-corrected chi connectivity index (χ1v) is 12.6. The van der Waals surface area contributed by atoms with E-state index >= 15 is 0 Å². The van der Waals surface area contributed by atoms with Crippen molar-refractivity contribution in [2.24, 2.45) is 0 Å². The predicted octanol–water partition coefficient (Wildman–Crippen LogP) is 2.08. The molecular formula is C28H32N6O4. The molecule has 1 N–H and O–H groups in total. The van der Waals surface area contributed by atoms with Gasteiger partial charge in [0.25, 0.3) is 11.5 Å². The number of pyridine rings is 2. The normalized spacial score (nSPS) is 14.3. The maximum absolute atomic E-state index is 13.6. The minimum absolute atomic E-state index is 0.0479. The molecule has 1 aliphatic heterocycles. The molecule has 3 aromatic heterocycles. The highest BCUT2D eigenvalue weighted by Crippen LogP contribution is 2.28. The average Bonchev–Trinajstić information content (AvgIpc) is 2.93. The first-order valence-electron chi connectivity index (χ1n) is 12.6. The number of rotatable bonds is 6. The Morgan fingerprint density at radius 3 is 2.47 bits per heavy atom. The van der Waals surface area contributed by atoms with Crippen molar-refractivity contribution in [3.05, 3.63) is 75.1 Å². The van der Waals surface area contributed by atoms with Gasteiger partial charge < -0.3 is 23.8 Å². The van der Waals surface area contributed by atoms with Crippen LogP contribution in [0.3, 0.4) is 0 Å². The van der Waals surface area contributed by atoms with E-state index in [2.05, 4.69) is 4.90 Å². The number of benzene rings is 1. The Balaban J connectivity index is 1.65. The summed E-state index contributed by atoms with van der Waals surface area (Å²) in [6.45, 7) is 4.93. The highest BCUT2D eigenvalue weighted by Gasteiger charge is 2.24. The lowest BCUT2D eigenvalue weighted by Gasteiger charge is -2.32. The number of amides is 1. The number of nitrogens with zero attached hydrogens (tertiary/aromatic N) is 5. The smallest absolute Gasteiger partial charge is 0.267 e. The average molecular weight is 517 g/mol. The molecule has 1 aliphatic rings. The standard InChI is InChI=1S/C28H32N6O4/c1-18-6-5-10-34-25(18)30-26-21(28(34)36)17-20(27(35)32-14-12-31(2)13-15-32)24(29)33(26)11-9-19-7-8-22(37-3)23(16-19)38-4/h5-8,10,16-17,29H,9,11-15H2,1-4H3. The molecule has 0 aliphatic carbocycles. The number of carbonyl (C=O) groups is 1. The molecule has 1 saturated heterocycles. The number of carbonyl (C=O) groups excluding carboxylic acids is 1. The summed E-state index contributed by atoms with van der Waals surface area (Å²) in [5, 5.41) is 9.38. The molecular weight excluding hydrogens is 484 g/mol. The van der Waals surface area contributed by atoms with E-state index in [0.29, 0.717) is 54.2 Å². The van der Waals surface area contributed by atoms with E-state index in [9.17, 15) is 9.59 Å². The zero-order valence-electron chi connectivity index (χ0n) is 22.2. The molecule has 38 heavy (non-hydrogen) atoms. The molecule has 10 heteroatoms. The summed E-state index contributed by atoms with van der Waals surface area (Å²) in [5.74, 6) is 1.01. The molecule has 1 amide bonds. The van der Waals surface area contributed by atoms with Gasteiger partial charge >= 0.3 is 0 Å². The second kappa shape index (κ2) is 10.3. The molecule has 1 aromatic carbocycles. The highest BCUT2D eigenvalue weighted by atomic mass is 16.5. The number of aryl methyl sites for hydroxylation is 3. The topological polar surface area (TPSA) is 105 Å². The fraction of sp³-hybridized carbons (Fsp3) is 0.357. The molecule has 0 radical (unpaired) electrons. The maximum Gasteiger partial charge on any atom is 0.267 e. The molecule has 0 spiro atoms. The maximum atomic E-state index is 13.6. The van der Waals surface area contributed by atoms with Gasteiger partial charge in [0, 0.05) is 38.9 Å². The van der Waals surface area contributed by atoms with Crippen LogP contribution in [0.4, 0.5) is 0 Å². The van der Waals surface area contributed by atoms with E-state index < -0.39 is 0 Å². The van der Waals surface area contributed by atoms with E-state index in [1.165, 1.54) is 4.40 Å². The lowest BCUT2D eigenvalue weighted by molar-refractivity contribution is 0.0661. The molecule has 1 fully saturated rings. The Hall–Kier alpha value is -4.18. The molecule has 10 nitrogen and oxygen atoms in total. The third-order valence-corrected chi connectivity index (χ3v) is 7.23. The number of hydrogen-bond acceptors (Lipinski definition) is 7. The Labute approximate surface area is 220 Å². The Bertz CT molecular complexity index is 1650. The number of nitrogens with one attached hydrogen (secondary N) is 1. The van der Waals surface area contributed by atoms with Gasteiger partial charge in [0.05, 0.1) is 25.2 Å². The molecule has 198 valence electrons. The van der Waals surface area contributed by atoms with E-state index in [1.807, 2.05) is 38.2 Å². The summed E-state index contributed by atoms with van der Waals surface area (Å²) in [7, 11) is 5.20. The minimum Gasteiger partial charge on any atom is -0.493 e. The summed E-state index contributed by atoms with van der Waals surface area (Å²) < 4.78 is 14.0. The molecule has 0 bridgehead atoms. The highest BCUT2D eigenvalue weighted by molar-refractivity contribution is 5.97. The summed E-state index contributed by atoms with van der Waals surface area (Å²) >= 11 is 0. The fourth-order valence-corrected chi connectivity index (χ4v) is 4.93. The van der Waals surface area contributed by atoms with Gasteiger partial charge in [-0.3, -0.25) is 19.4 Å². The number of methoxy groups -OCH3 is 2. The third kappa shape index (κ3) is 4.51. The van der Waals surface area contributed by atoms with Crippen LogP contribution < -0.4 is 20.5 Å². The van der Waals surface area contributed by atoms with E-state index in [4.69, 9.17) is 19.9 Å².